The summed E-state index contributed by atoms with van der Waals surface area (Å²) in [5, 5.41) is 2.45. The van der Waals surface area contributed by atoms with Gasteiger partial charge in [-0.05, 0) is 41.5 Å². The van der Waals surface area contributed by atoms with Crippen LogP contribution in [0.1, 0.15) is 0 Å². The fourth-order valence-corrected chi connectivity index (χ4v) is 8.24. The van der Waals surface area contributed by atoms with Gasteiger partial charge in [0.25, 0.3) is 0 Å². The van der Waals surface area contributed by atoms with E-state index in [4.69, 9.17) is 24.9 Å². The van der Waals surface area contributed by atoms with Crippen molar-refractivity contribution >= 4 is 31.5 Å². The molecule has 10 aromatic rings. The van der Waals surface area contributed by atoms with E-state index in [-0.39, 0.29) is 0 Å². The van der Waals surface area contributed by atoms with Gasteiger partial charge in [0.2, 0.25) is 0 Å². The summed E-state index contributed by atoms with van der Waals surface area (Å²) < 4.78 is 2.41. The minimum absolute atomic E-state index is 0.621. The smallest absolute Gasteiger partial charge is 0.165 e. The van der Waals surface area contributed by atoms with Crippen LogP contribution >= 0.6 is 11.3 Å². The second-order valence-corrected chi connectivity index (χ2v) is 14.4. The highest BCUT2D eigenvalue weighted by Gasteiger charge is 2.17. The van der Waals surface area contributed by atoms with Crippen LogP contribution in [-0.2, 0) is 0 Å². The predicted octanol–water partition coefficient (Wildman–Crippen LogP) is 12.7. The van der Waals surface area contributed by atoms with Crippen LogP contribution in [0.3, 0.4) is 0 Å². The average molecular weight is 722 g/mol. The first-order chi connectivity index (χ1) is 27.2. The Balaban J connectivity index is 1.08. The van der Waals surface area contributed by atoms with Crippen molar-refractivity contribution in [1.82, 2.24) is 24.9 Å². The molecule has 258 valence electrons. The normalized spacial score (nSPS) is 11.3. The van der Waals surface area contributed by atoms with Gasteiger partial charge in [-0.1, -0.05) is 158 Å². The summed E-state index contributed by atoms with van der Waals surface area (Å²) >= 11 is 1.78. The van der Waals surface area contributed by atoms with E-state index >= 15 is 0 Å². The van der Waals surface area contributed by atoms with Crippen molar-refractivity contribution in [2.45, 2.75) is 0 Å². The van der Waals surface area contributed by atoms with E-state index in [1.165, 1.54) is 20.2 Å². The van der Waals surface area contributed by atoms with Crippen LogP contribution in [0.15, 0.2) is 188 Å². The van der Waals surface area contributed by atoms with E-state index in [0.29, 0.717) is 23.3 Å². The standard InChI is InChI=1S/C49H31N5S/c1-4-15-32(16-5-1)42-31-43(51-46(50-42)33-17-6-2-7-18-33)37-23-12-21-35(29-37)36-22-13-24-38(30-36)48-52-47(34-19-8-3-9-20-34)53-49(54-48)41-27-14-26-40-39-25-10-11-28-44(39)55-45(40)41/h1-31H. The fourth-order valence-electron chi connectivity index (χ4n) is 7.03. The Morgan fingerprint density at radius 2 is 0.745 bits per heavy atom. The molecular weight excluding hydrogens is 691 g/mol. The zero-order valence-corrected chi connectivity index (χ0v) is 30.4. The maximum absolute atomic E-state index is 5.16. The van der Waals surface area contributed by atoms with Gasteiger partial charge in [-0.2, -0.15) is 0 Å². The SMILES string of the molecule is c1ccc(-c2cc(-c3cccc(-c4cccc(-c5nc(-c6ccccc6)nc(-c6cccc7c6sc6ccccc67)n5)c4)c3)nc(-c3ccccc3)n2)cc1. The van der Waals surface area contributed by atoms with Gasteiger partial charge in [0.05, 0.1) is 11.4 Å². The first-order valence-electron chi connectivity index (χ1n) is 18.2. The van der Waals surface area contributed by atoms with Crippen molar-refractivity contribution in [2.24, 2.45) is 0 Å². The number of nitrogens with zero attached hydrogens (tertiary/aromatic N) is 5. The molecule has 0 bridgehead atoms. The van der Waals surface area contributed by atoms with Gasteiger partial charge in [-0.25, -0.2) is 24.9 Å². The molecule has 0 atom stereocenters. The van der Waals surface area contributed by atoms with Gasteiger partial charge in [0.1, 0.15) is 0 Å². The van der Waals surface area contributed by atoms with Crippen molar-refractivity contribution in [2.75, 3.05) is 0 Å². The van der Waals surface area contributed by atoms with Gasteiger partial charge < -0.3 is 0 Å². The lowest BCUT2D eigenvalue weighted by Crippen LogP contribution is -2.00. The van der Waals surface area contributed by atoms with Crippen LogP contribution < -0.4 is 0 Å². The van der Waals surface area contributed by atoms with E-state index < -0.39 is 0 Å². The molecule has 3 aromatic heterocycles. The molecule has 10 rings (SSSR count). The van der Waals surface area contributed by atoms with Crippen molar-refractivity contribution in [3.8, 4) is 79.2 Å². The summed E-state index contributed by atoms with van der Waals surface area (Å²) in [5.74, 6) is 2.60. The topological polar surface area (TPSA) is 64.5 Å². The van der Waals surface area contributed by atoms with Gasteiger partial charge in [-0.15, -0.1) is 11.3 Å². The summed E-state index contributed by atoms with van der Waals surface area (Å²) in [6.45, 7) is 0. The lowest BCUT2D eigenvalue weighted by molar-refractivity contribution is 1.08. The van der Waals surface area contributed by atoms with E-state index in [0.717, 1.165) is 55.9 Å². The van der Waals surface area contributed by atoms with E-state index in [9.17, 15) is 0 Å². The van der Waals surface area contributed by atoms with Gasteiger partial charge in [0, 0.05) is 53.6 Å². The van der Waals surface area contributed by atoms with E-state index in [2.05, 4.69) is 121 Å². The zero-order chi connectivity index (χ0) is 36.6. The zero-order valence-electron chi connectivity index (χ0n) is 29.5. The molecule has 5 nitrogen and oxygen atoms in total. The summed E-state index contributed by atoms with van der Waals surface area (Å²) in [5.41, 5.74) is 9.72. The minimum atomic E-state index is 0.621. The second-order valence-electron chi connectivity index (χ2n) is 13.3. The molecule has 3 heterocycles. The summed E-state index contributed by atoms with van der Waals surface area (Å²) in [4.78, 5) is 25.4. The average Bonchev–Trinajstić information content (AvgIpc) is 3.66. The molecule has 0 aliphatic carbocycles. The highest BCUT2D eigenvalue weighted by molar-refractivity contribution is 7.26. The first-order valence-corrected chi connectivity index (χ1v) is 19.0. The summed E-state index contributed by atoms with van der Waals surface area (Å²) in [6, 6.07) is 64.5. The number of aromatic nitrogens is 5. The molecule has 0 radical (unpaired) electrons. The number of fused-ring (bicyclic) bond motifs is 3. The molecule has 0 N–H and O–H groups in total. The van der Waals surface area contributed by atoms with E-state index in [1.807, 2.05) is 66.7 Å². The Labute approximate surface area is 322 Å². The second kappa shape index (κ2) is 14.0. The Morgan fingerprint density at radius 1 is 0.291 bits per heavy atom. The molecule has 0 spiro atoms. The molecule has 0 amide bonds. The van der Waals surface area contributed by atoms with Crippen molar-refractivity contribution < 1.29 is 0 Å². The fraction of sp³-hybridized carbons (Fsp3) is 0. The molecule has 6 heteroatoms. The third-order valence-electron chi connectivity index (χ3n) is 9.75. The molecular formula is C49H31N5S. The maximum atomic E-state index is 5.16. The third kappa shape index (κ3) is 6.35. The van der Waals surface area contributed by atoms with Crippen LogP contribution in [-0.4, -0.2) is 24.9 Å². The molecule has 0 fully saturated rings. The van der Waals surface area contributed by atoms with Crippen LogP contribution in [0.4, 0.5) is 0 Å². The first kappa shape index (κ1) is 32.5. The Hall–Kier alpha value is -7.15. The van der Waals surface area contributed by atoms with Gasteiger partial charge in [0.15, 0.2) is 23.3 Å². The Bertz CT molecular complexity index is 2920. The molecule has 0 aliphatic rings. The van der Waals surface area contributed by atoms with Crippen molar-refractivity contribution in [3.63, 3.8) is 0 Å². The molecule has 0 unspecified atom stereocenters. The number of benzene rings is 7. The van der Waals surface area contributed by atoms with Crippen LogP contribution in [0.5, 0.6) is 0 Å². The van der Waals surface area contributed by atoms with E-state index in [1.54, 1.807) is 11.3 Å². The monoisotopic (exact) mass is 721 g/mol. The highest BCUT2D eigenvalue weighted by Crippen LogP contribution is 2.40. The van der Waals surface area contributed by atoms with Crippen LogP contribution in [0, 0.1) is 0 Å². The highest BCUT2D eigenvalue weighted by atomic mass is 32.1. The third-order valence-corrected chi connectivity index (χ3v) is 11.0. The number of hydrogen-bond acceptors (Lipinski definition) is 6. The molecule has 0 aliphatic heterocycles. The number of hydrogen-bond donors (Lipinski definition) is 0. The van der Waals surface area contributed by atoms with Gasteiger partial charge in [-0.3, -0.25) is 0 Å². The largest absolute Gasteiger partial charge is 0.228 e. The van der Waals surface area contributed by atoms with Crippen LogP contribution in [0.2, 0.25) is 0 Å². The summed E-state index contributed by atoms with van der Waals surface area (Å²) in [6.07, 6.45) is 0. The Morgan fingerprint density at radius 3 is 1.44 bits per heavy atom. The molecule has 0 saturated heterocycles. The maximum Gasteiger partial charge on any atom is 0.165 e. The predicted molar refractivity (Wildman–Crippen MR) is 226 cm³/mol. The van der Waals surface area contributed by atoms with Crippen LogP contribution in [0.25, 0.3) is 99.4 Å². The molecule has 7 aromatic carbocycles. The number of rotatable bonds is 7. The van der Waals surface area contributed by atoms with Crippen molar-refractivity contribution in [1.29, 1.82) is 0 Å². The molecule has 0 saturated carbocycles. The Kier molecular flexibility index (Phi) is 8.28. The van der Waals surface area contributed by atoms with Crippen molar-refractivity contribution in [3.05, 3.63) is 188 Å². The summed E-state index contributed by atoms with van der Waals surface area (Å²) in [7, 11) is 0. The number of thiophene rings is 1. The quantitative estimate of drug-likeness (QED) is 0.164. The lowest BCUT2D eigenvalue weighted by Gasteiger charge is -2.12. The molecule has 55 heavy (non-hydrogen) atoms. The van der Waals surface area contributed by atoms with Gasteiger partial charge >= 0.3 is 0 Å². The minimum Gasteiger partial charge on any atom is -0.228 e. The lowest BCUT2D eigenvalue weighted by atomic mass is 9.99.